The Bertz CT molecular complexity index is 1720. The van der Waals surface area contributed by atoms with Gasteiger partial charge in [-0.2, -0.15) is 0 Å². The molecule has 190 valence electrons. The maximum atomic E-state index is 4.90. The summed E-state index contributed by atoms with van der Waals surface area (Å²) < 4.78 is 2.08. The third-order valence-corrected chi connectivity index (χ3v) is 7.19. The smallest absolute Gasteiger partial charge is 0.239 e. The summed E-state index contributed by atoms with van der Waals surface area (Å²) in [6.45, 7) is 0. The molecule has 0 unspecified atom stereocenters. The Balaban J connectivity index is 1.30. The number of allylic oxidation sites excluding steroid dienone is 6. The maximum absolute atomic E-state index is 4.90. The first-order valence-electron chi connectivity index (χ1n) is 12.9. The molecule has 0 saturated carbocycles. The van der Waals surface area contributed by atoms with Gasteiger partial charge in [0.25, 0.3) is 0 Å². The number of nitrogens with zero attached hydrogens (tertiary/aromatic N) is 6. The third-order valence-electron chi connectivity index (χ3n) is 7.19. The lowest BCUT2D eigenvalue weighted by molar-refractivity contribution is 0.738. The molecule has 39 heavy (non-hydrogen) atoms. The summed E-state index contributed by atoms with van der Waals surface area (Å²) in [7, 11) is 3.87. The molecule has 0 bridgehead atoms. The van der Waals surface area contributed by atoms with Crippen molar-refractivity contribution in [2.45, 2.75) is 5.92 Å². The van der Waals surface area contributed by atoms with Crippen LogP contribution in [0.25, 0.3) is 11.4 Å². The van der Waals surface area contributed by atoms with E-state index in [-0.39, 0.29) is 0 Å². The second-order valence-corrected chi connectivity index (χ2v) is 9.44. The summed E-state index contributed by atoms with van der Waals surface area (Å²) in [6, 6.07) is 16.8. The monoisotopic (exact) mass is 510 g/mol. The van der Waals surface area contributed by atoms with Gasteiger partial charge in [-0.05, 0) is 54.1 Å². The minimum absolute atomic E-state index is 0.292. The lowest BCUT2D eigenvalue weighted by atomic mass is 9.95. The molecule has 4 heterocycles. The van der Waals surface area contributed by atoms with Crippen LogP contribution in [0.15, 0.2) is 123 Å². The van der Waals surface area contributed by atoms with Gasteiger partial charge in [0, 0.05) is 60.6 Å². The molecule has 3 aromatic rings. The van der Waals surface area contributed by atoms with Gasteiger partial charge < -0.3 is 15.2 Å². The average Bonchev–Trinajstić information content (AvgIpc) is 3.72. The van der Waals surface area contributed by atoms with Crippen molar-refractivity contribution < 1.29 is 0 Å². The third kappa shape index (κ3) is 3.93. The molecular weight excluding hydrogens is 484 g/mol. The van der Waals surface area contributed by atoms with Crippen LogP contribution in [-0.2, 0) is 0 Å². The normalized spacial score (nSPS) is 17.3. The van der Waals surface area contributed by atoms with E-state index >= 15 is 0 Å². The summed E-state index contributed by atoms with van der Waals surface area (Å²) in [5.41, 5.74) is 8.87. The van der Waals surface area contributed by atoms with E-state index in [1.807, 2.05) is 43.5 Å². The predicted molar refractivity (Wildman–Crippen MR) is 160 cm³/mol. The molecule has 1 aromatic heterocycles. The molecule has 0 saturated heterocycles. The van der Waals surface area contributed by atoms with Crippen LogP contribution >= 0.6 is 0 Å². The van der Waals surface area contributed by atoms with E-state index in [0.717, 1.165) is 45.3 Å². The Morgan fingerprint density at radius 3 is 2.36 bits per heavy atom. The Morgan fingerprint density at radius 1 is 0.795 bits per heavy atom. The highest BCUT2D eigenvalue weighted by Crippen LogP contribution is 2.35. The zero-order chi connectivity index (χ0) is 26.3. The minimum atomic E-state index is 0.292. The average molecular weight is 511 g/mol. The molecule has 4 aliphatic rings. The fourth-order valence-electron chi connectivity index (χ4n) is 5.22. The highest BCUT2D eigenvalue weighted by atomic mass is 15.4. The summed E-state index contributed by atoms with van der Waals surface area (Å²) in [6.07, 6.45) is 18.3. The van der Waals surface area contributed by atoms with Crippen LogP contribution < -0.4 is 10.6 Å². The molecule has 2 aromatic carbocycles. The van der Waals surface area contributed by atoms with Crippen molar-refractivity contribution in [3.05, 3.63) is 120 Å². The van der Waals surface area contributed by atoms with E-state index in [1.54, 1.807) is 0 Å². The summed E-state index contributed by atoms with van der Waals surface area (Å²) in [5, 5.41) is 6.70. The van der Waals surface area contributed by atoms with Crippen molar-refractivity contribution in [3.8, 4) is 5.69 Å². The Hall–Kier alpha value is -5.24. The van der Waals surface area contributed by atoms with Crippen molar-refractivity contribution in [1.29, 1.82) is 0 Å². The standard InChI is InChI=1S/C31H26N8/c1-32-26-15-21(20-7-3-4-8-20)9-11-24(26)28-17-23-18-29(37-31-35-19-34-30(36-28)39(23)31)25-12-10-22(16-27(25)33-2)38-13-5-6-14-38/h3-20,32-33H,1-2H3. The van der Waals surface area contributed by atoms with Crippen LogP contribution in [0.2, 0.25) is 0 Å². The fraction of sp³-hybridized carbons (Fsp3) is 0.0968. The first-order chi connectivity index (χ1) is 19.2. The number of hydrogen-bond donors (Lipinski definition) is 2. The van der Waals surface area contributed by atoms with Gasteiger partial charge in [0.2, 0.25) is 11.9 Å². The predicted octanol–water partition coefficient (Wildman–Crippen LogP) is 5.57. The Labute approximate surface area is 226 Å². The van der Waals surface area contributed by atoms with Gasteiger partial charge in [0.05, 0.1) is 17.1 Å². The maximum Gasteiger partial charge on any atom is 0.239 e. The number of anilines is 2. The van der Waals surface area contributed by atoms with Gasteiger partial charge in [-0.3, -0.25) is 0 Å². The van der Waals surface area contributed by atoms with Gasteiger partial charge >= 0.3 is 0 Å². The van der Waals surface area contributed by atoms with E-state index in [2.05, 4.69) is 98.0 Å². The largest absolute Gasteiger partial charge is 0.388 e. The van der Waals surface area contributed by atoms with Crippen LogP contribution in [0.5, 0.6) is 0 Å². The quantitative estimate of drug-likeness (QED) is 0.455. The zero-order valence-electron chi connectivity index (χ0n) is 21.6. The summed E-state index contributed by atoms with van der Waals surface area (Å²) >= 11 is 0. The second kappa shape index (κ2) is 9.25. The highest BCUT2D eigenvalue weighted by molar-refractivity contribution is 6.23. The van der Waals surface area contributed by atoms with E-state index in [0.29, 0.717) is 17.8 Å². The number of aromatic nitrogens is 1. The van der Waals surface area contributed by atoms with Gasteiger partial charge in [-0.15, -0.1) is 0 Å². The van der Waals surface area contributed by atoms with Crippen LogP contribution in [0, 0.1) is 0 Å². The number of aliphatic imine (C=N–C) groups is 4. The lowest BCUT2D eigenvalue weighted by Gasteiger charge is -2.32. The van der Waals surface area contributed by atoms with Crippen molar-refractivity contribution in [1.82, 2.24) is 9.47 Å². The molecule has 0 radical (unpaired) electrons. The Kier molecular flexibility index (Phi) is 5.44. The van der Waals surface area contributed by atoms with E-state index < -0.39 is 0 Å². The summed E-state index contributed by atoms with van der Waals surface area (Å²) in [4.78, 5) is 20.6. The van der Waals surface area contributed by atoms with E-state index in [4.69, 9.17) is 9.98 Å². The van der Waals surface area contributed by atoms with Crippen molar-refractivity contribution in [2.24, 2.45) is 20.0 Å². The molecule has 8 heteroatoms. The first kappa shape index (κ1) is 22.9. The molecular formula is C31H26N8. The second-order valence-electron chi connectivity index (χ2n) is 9.44. The molecule has 2 N–H and O–H groups in total. The number of nitrogens with one attached hydrogen (secondary N) is 2. The van der Waals surface area contributed by atoms with Gasteiger partial charge in [0.15, 0.2) is 0 Å². The van der Waals surface area contributed by atoms with Gasteiger partial charge in [-0.25, -0.2) is 24.9 Å². The summed E-state index contributed by atoms with van der Waals surface area (Å²) in [5.74, 6) is 1.39. The minimum Gasteiger partial charge on any atom is -0.388 e. The highest BCUT2D eigenvalue weighted by Gasteiger charge is 2.31. The van der Waals surface area contributed by atoms with Crippen LogP contribution in [0.1, 0.15) is 22.6 Å². The number of rotatable bonds is 6. The fourth-order valence-corrected chi connectivity index (χ4v) is 5.22. The molecule has 0 spiro atoms. The molecule has 7 rings (SSSR count). The van der Waals surface area contributed by atoms with E-state index in [9.17, 15) is 0 Å². The molecule has 0 atom stereocenters. The topological polar surface area (TPSA) is 81.7 Å². The van der Waals surface area contributed by atoms with Crippen LogP contribution in [-0.4, -0.2) is 47.5 Å². The lowest BCUT2D eigenvalue weighted by Crippen LogP contribution is -2.40. The Morgan fingerprint density at radius 2 is 1.56 bits per heavy atom. The number of benzene rings is 2. The number of hydrogen-bond acceptors (Lipinski definition) is 7. The van der Waals surface area contributed by atoms with Crippen molar-refractivity contribution in [2.75, 3.05) is 24.7 Å². The van der Waals surface area contributed by atoms with Crippen molar-refractivity contribution in [3.63, 3.8) is 0 Å². The van der Waals surface area contributed by atoms with Gasteiger partial charge in [0.1, 0.15) is 6.34 Å². The van der Waals surface area contributed by atoms with E-state index in [1.165, 1.54) is 11.9 Å². The molecule has 1 aliphatic carbocycles. The van der Waals surface area contributed by atoms with Gasteiger partial charge in [-0.1, -0.05) is 36.4 Å². The SMILES string of the molecule is CNc1cc(-n2cccc2)ccc1C1=CC2=CC(c3ccc(C4C=CC=C4)cc3NC)=NC3=NC=NC(=N1)N23. The zero-order valence-corrected chi connectivity index (χ0v) is 21.6. The molecule has 0 fully saturated rings. The molecule has 8 nitrogen and oxygen atoms in total. The number of guanidine groups is 2. The molecule has 3 aliphatic heterocycles. The van der Waals surface area contributed by atoms with Crippen LogP contribution in [0.3, 0.4) is 0 Å². The molecule has 0 amide bonds. The van der Waals surface area contributed by atoms with Crippen molar-refractivity contribution >= 4 is 41.0 Å². The van der Waals surface area contributed by atoms with Crippen LogP contribution in [0.4, 0.5) is 11.4 Å². The first-order valence-corrected chi connectivity index (χ1v) is 12.9.